The van der Waals surface area contributed by atoms with Gasteiger partial charge in [0.15, 0.2) is 5.82 Å². The fourth-order valence-corrected chi connectivity index (χ4v) is 2.10. The average molecular weight is 274 g/mol. The topological polar surface area (TPSA) is 67.7 Å². The van der Waals surface area contributed by atoms with Crippen molar-refractivity contribution in [2.45, 2.75) is 12.6 Å². The predicted molar refractivity (Wildman–Crippen MR) is 66.8 cm³/mol. The van der Waals surface area contributed by atoms with Crippen molar-refractivity contribution in [2.75, 3.05) is 38.4 Å². The lowest BCUT2D eigenvalue weighted by Gasteiger charge is -2.35. The van der Waals surface area contributed by atoms with Crippen LogP contribution < -0.4 is 4.90 Å². The molecular weight excluding hydrogens is 258 g/mol. The van der Waals surface area contributed by atoms with E-state index in [0.29, 0.717) is 43.2 Å². The second-order valence-electron chi connectivity index (χ2n) is 4.00. The van der Waals surface area contributed by atoms with Crippen LogP contribution in [0.1, 0.15) is 5.82 Å². The number of aliphatic hydroxyl groups is 1. The molecule has 0 aliphatic carbocycles. The van der Waals surface area contributed by atoms with Crippen molar-refractivity contribution >= 4 is 17.4 Å². The molecule has 6 nitrogen and oxygen atoms in total. The van der Waals surface area contributed by atoms with Gasteiger partial charge in [-0.3, -0.25) is 0 Å². The first-order valence-corrected chi connectivity index (χ1v) is 6.10. The molecule has 1 unspecified atom stereocenters. The van der Waals surface area contributed by atoms with E-state index in [2.05, 4.69) is 9.97 Å². The molecule has 18 heavy (non-hydrogen) atoms. The minimum Gasteiger partial charge on any atom is -0.394 e. The zero-order valence-corrected chi connectivity index (χ0v) is 10.9. The molecule has 0 amide bonds. The number of rotatable bonds is 4. The molecule has 0 aromatic carbocycles. The van der Waals surface area contributed by atoms with Crippen LogP contribution in [0.15, 0.2) is 6.07 Å². The van der Waals surface area contributed by atoms with Gasteiger partial charge in [0, 0.05) is 19.7 Å². The van der Waals surface area contributed by atoms with Crippen LogP contribution in [-0.2, 0) is 16.1 Å². The van der Waals surface area contributed by atoms with Gasteiger partial charge >= 0.3 is 0 Å². The van der Waals surface area contributed by atoms with Gasteiger partial charge < -0.3 is 19.5 Å². The van der Waals surface area contributed by atoms with E-state index in [9.17, 15) is 5.11 Å². The number of ether oxygens (including phenoxy) is 2. The van der Waals surface area contributed by atoms with Gasteiger partial charge in [-0.05, 0) is 0 Å². The Labute approximate surface area is 111 Å². The van der Waals surface area contributed by atoms with Gasteiger partial charge in [-0.25, -0.2) is 9.97 Å². The van der Waals surface area contributed by atoms with Crippen LogP contribution >= 0.6 is 11.6 Å². The Hall–Kier alpha value is -0.950. The first kappa shape index (κ1) is 13.5. The molecule has 1 aromatic rings. The van der Waals surface area contributed by atoms with E-state index in [1.165, 1.54) is 0 Å². The first-order chi connectivity index (χ1) is 8.74. The third kappa shape index (κ3) is 3.08. The van der Waals surface area contributed by atoms with Crippen LogP contribution in [0.5, 0.6) is 0 Å². The number of anilines is 1. The molecule has 0 radical (unpaired) electrons. The monoisotopic (exact) mass is 273 g/mol. The Kier molecular flexibility index (Phi) is 4.71. The molecule has 1 atom stereocenters. The van der Waals surface area contributed by atoms with E-state index in [-0.39, 0.29) is 12.6 Å². The Balaban J connectivity index is 2.24. The van der Waals surface area contributed by atoms with Crippen molar-refractivity contribution in [1.29, 1.82) is 0 Å². The number of hydrogen-bond donors (Lipinski definition) is 1. The summed E-state index contributed by atoms with van der Waals surface area (Å²) in [4.78, 5) is 10.4. The average Bonchev–Trinajstić information content (AvgIpc) is 2.38. The lowest BCUT2D eigenvalue weighted by molar-refractivity contribution is 0.0722. The summed E-state index contributed by atoms with van der Waals surface area (Å²) in [6, 6.07) is 1.59. The molecule has 1 fully saturated rings. The second kappa shape index (κ2) is 6.29. The summed E-state index contributed by atoms with van der Waals surface area (Å²) in [5.41, 5.74) is 0. The molecular formula is C11H16ClN3O3. The highest BCUT2D eigenvalue weighted by molar-refractivity contribution is 6.29. The van der Waals surface area contributed by atoms with Crippen molar-refractivity contribution < 1.29 is 14.6 Å². The highest BCUT2D eigenvalue weighted by Crippen LogP contribution is 2.20. The molecule has 0 saturated carbocycles. The van der Waals surface area contributed by atoms with Crippen molar-refractivity contribution in [3.05, 3.63) is 17.0 Å². The molecule has 0 bridgehead atoms. The lowest BCUT2D eigenvalue weighted by Crippen LogP contribution is -2.48. The number of aliphatic hydroxyl groups excluding tert-OH is 1. The third-order valence-electron chi connectivity index (χ3n) is 2.73. The largest absolute Gasteiger partial charge is 0.394 e. The summed E-state index contributed by atoms with van der Waals surface area (Å²) in [6.07, 6.45) is 0. The number of morpholine rings is 1. The summed E-state index contributed by atoms with van der Waals surface area (Å²) in [7, 11) is 1.58. The normalized spacial score (nSPS) is 20.2. The molecule has 2 heterocycles. The van der Waals surface area contributed by atoms with Gasteiger partial charge in [0.1, 0.15) is 17.6 Å². The minimum atomic E-state index is -0.0971. The number of aromatic nitrogens is 2. The van der Waals surface area contributed by atoms with Gasteiger partial charge in [-0.1, -0.05) is 11.6 Å². The molecule has 1 N–H and O–H groups in total. The van der Waals surface area contributed by atoms with E-state index in [4.69, 9.17) is 21.1 Å². The molecule has 1 aliphatic rings. The molecule has 1 aliphatic heterocycles. The van der Waals surface area contributed by atoms with E-state index in [1.54, 1.807) is 13.2 Å². The highest BCUT2D eigenvalue weighted by atomic mass is 35.5. The standard InChI is InChI=1S/C11H16ClN3O3/c1-17-7-10-13-9(12)4-11(14-10)15-2-3-18-6-8(15)5-16/h4,8,16H,2-3,5-7H2,1H3. The SMILES string of the molecule is COCc1nc(Cl)cc(N2CCOCC2CO)n1. The highest BCUT2D eigenvalue weighted by Gasteiger charge is 2.24. The van der Waals surface area contributed by atoms with Crippen molar-refractivity contribution in [3.8, 4) is 0 Å². The van der Waals surface area contributed by atoms with Gasteiger partial charge in [-0.2, -0.15) is 0 Å². The number of halogens is 1. The van der Waals surface area contributed by atoms with Crippen LogP contribution in [0.3, 0.4) is 0 Å². The Bertz CT molecular complexity index is 405. The second-order valence-corrected chi connectivity index (χ2v) is 4.39. The van der Waals surface area contributed by atoms with Crippen molar-refractivity contribution in [2.24, 2.45) is 0 Å². The first-order valence-electron chi connectivity index (χ1n) is 5.72. The smallest absolute Gasteiger partial charge is 0.158 e. The zero-order valence-electron chi connectivity index (χ0n) is 10.2. The summed E-state index contributed by atoms with van der Waals surface area (Å²) in [6.45, 7) is 2.09. The molecule has 0 spiro atoms. The lowest BCUT2D eigenvalue weighted by atomic mass is 10.2. The number of methoxy groups -OCH3 is 1. The fraction of sp³-hybridized carbons (Fsp3) is 0.636. The van der Waals surface area contributed by atoms with Crippen LogP contribution in [0, 0.1) is 0 Å². The fourth-order valence-electron chi connectivity index (χ4n) is 1.90. The molecule has 1 saturated heterocycles. The maximum absolute atomic E-state index is 9.34. The molecule has 1 aromatic heterocycles. The van der Waals surface area contributed by atoms with Gasteiger partial charge in [0.25, 0.3) is 0 Å². The number of nitrogens with zero attached hydrogens (tertiary/aromatic N) is 3. The quantitative estimate of drug-likeness (QED) is 0.805. The molecule has 2 rings (SSSR count). The van der Waals surface area contributed by atoms with Crippen LogP contribution in [0.2, 0.25) is 5.15 Å². The van der Waals surface area contributed by atoms with E-state index < -0.39 is 0 Å². The summed E-state index contributed by atoms with van der Waals surface area (Å²) < 4.78 is 10.3. The van der Waals surface area contributed by atoms with Gasteiger partial charge in [-0.15, -0.1) is 0 Å². The predicted octanol–water partition coefficient (Wildman–Crippen LogP) is 0.474. The molecule has 7 heteroatoms. The van der Waals surface area contributed by atoms with Crippen LogP contribution in [0.4, 0.5) is 5.82 Å². The Morgan fingerprint density at radius 2 is 2.44 bits per heavy atom. The summed E-state index contributed by atoms with van der Waals surface area (Å²) in [5, 5.41) is 9.71. The number of hydrogen-bond acceptors (Lipinski definition) is 6. The summed E-state index contributed by atoms with van der Waals surface area (Å²) >= 11 is 5.97. The van der Waals surface area contributed by atoms with Crippen molar-refractivity contribution in [3.63, 3.8) is 0 Å². The van der Waals surface area contributed by atoms with E-state index in [0.717, 1.165) is 0 Å². The minimum absolute atomic E-state index is 0.0151. The van der Waals surface area contributed by atoms with Crippen molar-refractivity contribution in [1.82, 2.24) is 9.97 Å². The van der Waals surface area contributed by atoms with Crippen LogP contribution in [-0.4, -0.2) is 54.6 Å². The maximum Gasteiger partial charge on any atom is 0.158 e. The Morgan fingerprint density at radius 1 is 1.61 bits per heavy atom. The summed E-state index contributed by atoms with van der Waals surface area (Å²) in [5.74, 6) is 1.23. The molecule has 100 valence electrons. The van der Waals surface area contributed by atoms with Gasteiger partial charge in [0.2, 0.25) is 0 Å². The zero-order chi connectivity index (χ0) is 13.0. The Morgan fingerprint density at radius 3 is 3.17 bits per heavy atom. The van der Waals surface area contributed by atoms with E-state index >= 15 is 0 Å². The maximum atomic E-state index is 9.34. The third-order valence-corrected chi connectivity index (χ3v) is 2.93. The van der Waals surface area contributed by atoms with Crippen LogP contribution in [0.25, 0.3) is 0 Å². The van der Waals surface area contributed by atoms with E-state index in [1.807, 2.05) is 4.90 Å². The van der Waals surface area contributed by atoms with Gasteiger partial charge in [0.05, 0.1) is 25.9 Å².